The van der Waals surface area contributed by atoms with Gasteiger partial charge >= 0.3 is 0 Å². The van der Waals surface area contributed by atoms with Crippen molar-refractivity contribution >= 4 is 34.8 Å². The molecule has 0 aliphatic rings. The molecule has 5 rings (SSSR count). The average molecular weight is 508 g/mol. The molecule has 0 spiro atoms. The summed E-state index contributed by atoms with van der Waals surface area (Å²) in [6.07, 6.45) is 8.96. The minimum Gasteiger partial charge on any atom is -0.384 e. The maximum Gasteiger partial charge on any atom is 0.125 e. The number of aromatic amines is 2. The van der Waals surface area contributed by atoms with Crippen molar-refractivity contribution in [3.05, 3.63) is 89.2 Å². The van der Waals surface area contributed by atoms with Crippen LogP contribution in [0.5, 0.6) is 0 Å². The van der Waals surface area contributed by atoms with E-state index < -0.39 is 0 Å². The van der Waals surface area contributed by atoms with Crippen LogP contribution in [0.2, 0.25) is 0 Å². The second kappa shape index (κ2) is 10.8. The van der Waals surface area contributed by atoms with Gasteiger partial charge in [0.2, 0.25) is 0 Å². The predicted octanol–water partition coefficient (Wildman–Crippen LogP) is 4.42. The summed E-state index contributed by atoms with van der Waals surface area (Å²) in [5, 5.41) is 13.5. The van der Waals surface area contributed by atoms with E-state index in [4.69, 9.17) is 0 Å². The van der Waals surface area contributed by atoms with Crippen molar-refractivity contribution in [2.75, 3.05) is 32.5 Å². The summed E-state index contributed by atoms with van der Waals surface area (Å²) in [4.78, 5) is 14.0. The quantitative estimate of drug-likeness (QED) is 0.290. The first-order valence-corrected chi connectivity index (χ1v) is 12.4. The van der Waals surface area contributed by atoms with Crippen LogP contribution >= 0.6 is 0 Å². The number of benzene rings is 2. The third-order valence-electron chi connectivity index (χ3n) is 6.38. The topological polar surface area (TPSA) is 85.5 Å². The lowest BCUT2D eigenvalue weighted by Gasteiger charge is -2.13. The summed E-state index contributed by atoms with van der Waals surface area (Å²) >= 11 is 0. The molecule has 0 amide bonds. The number of anilines is 1. The zero-order chi connectivity index (χ0) is 26.6. The van der Waals surface area contributed by atoms with E-state index in [1.165, 1.54) is 6.07 Å². The number of aromatic nitrogens is 5. The molecular weight excluding hydrogens is 477 g/mol. The summed E-state index contributed by atoms with van der Waals surface area (Å²) < 4.78 is 14.6. The van der Waals surface area contributed by atoms with Crippen molar-refractivity contribution in [2.24, 2.45) is 0 Å². The molecule has 5 aromatic rings. The fourth-order valence-corrected chi connectivity index (χ4v) is 4.34. The SMILES string of the molecule is C=c1c(-c2cc3c(-c4cc(F)cc(NCCN(C)C)c4)cccc3[nH]2)n[nH]/c1=C/C=C(\C)c1cnccn1. The second-order valence-corrected chi connectivity index (χ2v) is 9.48. The first-order valence-electron chi connectivity index (χ1n) is 12.4. The third kappa shape index (κ3) is 5.40. The lowest BCUT2D eigenvalue weighted by molar-refractivity contribution is 0.425. The Bertz CT molecular complexity index is 1710. The Hall–Kier alpha value is -4.56. The van der Waals surface area contributed by atoms with Gasteiger partial charge in [-0.1, -0.05) is 24.8 Å². The van der Waals surface area contributed by atoms with Crippen LogP contribution in [0.4, 0.5) is 10.1 Å². The Kier molecular flexibility index (Phi) is 7.15. The van der Waals surface area contributed by atoms with Crippen LogP contribution < -0.4 is 15.9 Å². The van der Waals surface area contributed by atoms with Gasteiger partial charge in [0, 0.05) is 47.3 Å². The van der Waals surface area contributed by atoms with Gasteiger partial charge in [0.05, 0.1) is 22.9 Å². The highest BCUT2D eigenvalue weighted by molar-refractivity contribution is 5.98. The van der Waals surface area contributed by atoms with Crippen LogP contribution in [0.25, 0.3) is 51.6 Å². The maximum atomic E-state index is 14.6. The van der Waals surface area contributed by atoms with E-state index in [-0.39, 0.29) is 5.82 Å². The monoisotopic (exact) mass is 507 g/mol. The van der Waals surface area contributed by atoms with Crippen molar-refractivity contribution in [3.63, 3.8) is 0 Å². The molecule has 2 aromatic carbocycles. The number of halogens is 1. The lowest BCUT2D eigenvalue weighted by atomic mass is 10.0. The Morgan fingerprint density at radius 2 is 2.03 bits per heavy atom. The number of allylic oxidation sites excluding steroid dienone is 2. The summed E-state index contributed by atoms with van der Waals surface area (Å²) in [5.41, 5.74) is 6.81. The highest BCUT2D eigenvalue weighted by Gasteiger charge is 2.13. The fourth-order valence-electron chi connectivity index (χ4n) is 4.34. The first kappa shape index (κ1) is 25.1. The number of hydrogen-bond donors (Lipinski definition) is 3. The first-order chi connectivity index (χ1) is 18.4. The maximum absolute atomic E-state index is 14.6. The number of likely N-dealkylation sites (N-methyl/N-ethyl adjacent to an activating group) is 1. The minimum absolute atomic E-state index is 0.278. The molecule has 0 aliphatic carbocycles. The van der Waals surface area contributed by atoms with Gasteiger partial charge in [0.15, 0.2) is 0 Å². The van der Waals surface area contributed by atoms with E-state index >= 15 is 0 Å². The highest BCUT2D eigenvalue weighted by Crippen LogP contribution is 2.33. The van der Waals surface area contributed by atoms with Gasteiger partial charge in [-0.25, -0.2) is 4.39 Å². The minimum atomic E-state index is -0.278. The largest absolute Gasteiger partial charge is 0.384 e. The van der Waals surface area contributed by atoms with E-state index in [0.717, 1.165) is 74.0 Å². The number of nitrogens with one attached hydrogen (secondary N) is 3. The van der Waals surface area contributed by atoms with Gasteiger partial charge in [-0.3, -0.25) is 15.1 Å². The molecule has 3 N–H and O–H groups in total. The molecule has 0 saturated carbocycles. The Morgan fingerprint density at radius 1 is 1.16 bits per heavy atom. The van der Waals surface area contributed by atoms with E-state index in [0.29, 0.717) is 0 Å². The normalized spacial score (nSPS) is 12.6. The molecule has 0 bridgehead atoms. The van der Waals surface area contributed by atoms with Crippen molar-refractivity contribution in [1.82, 2.24) is 30.0 Å². The molecule has 0 unspecified atom stereocenters. The van der Waals surface area contributed by atoms with Crippen molar-refractivity contribution in [3.8, 4) is 22.5 Å². The zero-order valence-electron chi connectivity index (χ0n) is 21.7. The van der Waals surface area contributed by atoms with Crippen LogP contribution in [0.15, 0.2) is 67.1 Å². The number of rotatable bonds is 8. The van der Waals surface area contributed by atoms with E-state index in [2.05, 4.69) is 41.9 Å². The van der Waals surface area contributed by atoms with E-state index in [9.17, 15) is 4.39 Å². The standard InChI is InChI=1S/C30H30FN7/c1-19(29-18-32-10-11-34-29)8-9-26-20(2)30(37-36-26)28-17-25-24(6-5-7-27(25)35-28)21-14-22(31)16-23(15-21)33-12-13-38(3)4/h5-11,14-18,33,35-36H,2,12-13H2,1,3-4H3/b19-8+,26-9+. The van der Waals surface area contributed by atoms with Crippen molar-refractivity contribution < 1.29 is 4.39 Å². The smallest absolute Gasteiger partial charge is 0.125 e. The molecule has 7 nitrogen and oxygen atoms in total. The number of nitrogens with zero attached hydrogens (tertiary/aromatic N) is 4. The molecule has 8 heteroatoms. The van der Waals surface area contributed by atoms with Crippen LogP contribution in [0, 0.1) is 5.82 Å². The fraction of sp³-hybridized carbons (Fsp3) is 0.167. The zero-order valence-corrected chi connectivity index (χ0v) is 21.7. The van der Waals surface area contributed by atoms with Crippen LogP contribution in [0.1, 0.15) is 12.6 Å². The van der Waals surface area contributed by atoms with Gasteiger partial charge in [-0.05, 0) is 74.1 Å². The number of hydrogen-bond acceptors (Lipinski definition) is 5. The Balaban J connectivity index is 1.48. The molecule has 0 radical (unpaired) electrons. The summed E-state index contributed by atoms with van der Waals surface area (Å²) in [6, 6.07) is 13.1. The van der Waals surface area contributed by atoms with Crippen molar-refractivity contribution in [1.29, 1.82) is 0 Å². The van der Waals surface area contributed by atoms with Gasteiger partial charge in [-0.15, -0.1) is 0 Å². The van der Waals surface area contributed by atoms with Crippen LogP contribution in [0.3, 0.4) is 0 Å². The van der Waals surface area contributed by atoms with Gasteiger partial charge < -0.3 is 15.2 Å². The molecule has 0 atom stereocenters. The second-order valence-electron chi connectivity index (χ2n) is 9.48. The summed E-state index contributed by atoms with van der Waals surface area (Å²) in [5.74, 6) is -0.278. The van der Waals surface area contributed by atoms with Gasteiger partial charge in [0.1, 0.15) is 11.5 Å². The van der Waals surface area contributed by atoms with Gasteiger partial charge in [-0.2, -0.15) is 5.10 Å². The van der Waals surface area contributed by atoms with Crippen molar-refractivity contribution in [2.45, 2.75) is 6.92 Å². The number of fused-ring (bicyclic) bond motifs is 1. The predicted molar refractivity (Wildman–Crippen MR) is 153 cm³/mol. The Labute approximate surface area is 220 Å². The van der Waals surface area contributed by atoms with Gasteiger partial charge in [0.25, 0.3) is 0 Å². The molecule has 0 fully saturated rings. The van der Waals surface area contributed by atoms with Crippen LogP contribution in [-0.2, 0) is 0 Å². The molecule has 0 aliphatic heterocycles. The average Bonchev–Trinajstić information content (AvgIpc) is 3.50. The lowest BCUT2D eigenvalue weighted by Crippen LogP contribution is -2.21. The molecule has 3 aromatic heterocycles. The molecular formula is C30H30FN7. The molecule has 38 heavy (non-hydrogen) atoms. The molecule has 3 heterocycles. The summed E-state index contributed by atoms with van der Waals surface area (Å²) in [6.45, 7) is 7.83. The third-order valence-corrected chi connectivity index (χ3v) is 6.38. The van der Waals surface area contributed by atoms with E-state index in [1.54, 1.807) is 24.7 Å². The van der Waals surface area contributed by atoms with E-state index in [1.807, 2.05) is 63.5 Å². The molecule has 192 valence electrons. The highest BCUT2D eigenvalue weighted by atomic mass is 19.1. The summed E-state index contributed by atoms with van der Waals surface area (Å²) in [7, 11) is 4.02. The Morgan fingerprint density at radius 3 is 2.82 bits per heavy atom. The van der Waals surface area contributed by atoms with Crippen LogP contribution in [-0.4, -0.2) is 57.2 Å². The number of H-pyrrole nitrogens is 2. The molecule has 0 saturated heterocycles.